The lowest BCUT2D eigenvalue weighted by Crippen LogP contribution is -2.15. The lowest BCUT2D eigenvalue weighted by molar-refractivity contribution is -0.113. The zero-order valence-electron chi connectivity index (χ0n) is 14.0. The summed E-state index contributed by atoms with van der Waals surface area (Å²) in [6.07, 6.45) is 1.60. The molecule has 2 aromatic carbocycles. The summed E-state index contributed by atoms with van der Waals surface area (Å²) in [5.41, 5.74) is 1.86. The van der Waals surface area contributed by atoms with E-state index in [0.717, 1.165) is 5.69 Å². The van der Waals surface area contributed by atoms with E-state index in [4.69, 9.17) is 4.42 Å². The van der Waals surface area contributed by atoms with E-state index in [0.29, 0.717) is 21.8 Å². The van der Waals surface area contributed by atoms with Gasteiger partial charge < -0.3 is 9.73 Å². The van der Waals surface area contributed by atoms with Gasteiger partial charge in [0, 0.05) is 11.1 Å². The van der Waals surface area contributed by atoms with E-state index in [1.54, 1.807) is 18.5 Å². The number of fused-ring (bicyclic) bond motifs is 1. The average molecular weight is 375 g/mol. The number of thioether (sulfide) groups is 1. The van der Waals surface area contributed by atoms with E-state index in [2.05, 4.69) is 15.5 Å². The van der Waals surface area contributed by atoms with Gasteiger partial charge in [-0.25, -0.2) is 0 Å². The summed E-state index contributed by atoms with van der Waals surface area (Å²) in [5.74, 6) is -0.0525. The van der Waals surface area contributed by atoms with Gasteiger partial charge in [-0.1, -0.05) is 42.1 Å². The number of hydrogen-bond donors (Lipinski definition) is 1. The molecule has 0 aliphatic carbocycles. The number of carbonyl (C=O) groups is 1. The highest BCUT2D eigenvalue weighted by Gasteiger charge is 2.17. The summed E-state index contributed by atoms with van der Waals surface area (Å²) in [5, 5.41) is 21.3. The molecule has 0 aliphatic rings. The van der Waals surface area contributed by atoms with Gasteiger partial charge in [-0.05, 0) is 24.3 Å². The number of nitriles is 1. The van der Waals surface area contributed by atoms with Crippen LogP contribution in [0.4, 0.5) is 5.69 Å². The van der Waals surface area contributed by atoms with Gasteiger partial charge in [0.05, 0.1) is 5.75 Å². The number of nitrogens with zero attached hydrogens (tertiary/aromatic N) is 4. The summed E-state index contributed by atoms with van der Waals surface area (Å²) in [4.78, 5) is 12.4. The number of benzene rings is 2. The molecule has 0 radical (unpaired) electrons. The summed E-state index contributed by atoms with van der Waals surface area (Å²) < 4.78 is 7.28. The number of anilines is 1. The molecule has 0 atom stereocenters. The molecule has 8 heteroatoms. The molecule has 2 heterocycles. The molecule has 27 heavy (non-hydrogen) atoms. The van der Waals surface area contributed by atoms with Gasteiger partial charge in [-0.15, -0.1) is 10.2 Å². The molecular formula is C19H13N5O2S. The first-order valence-corrected chi connectivity index (χ1v) is 9.04. The first-order chi connectivity index (χ1) is 13.3. The Kier molecular flexibility index (Phi) is 4.60. The lowest BCUT2D eigenvalue weighted by Gasteiger charge is -2.06. The standard InChI is InChI=1S/C19H13N5O2S/c20-10-16-18(14-8-4-5-9-15(14)26-16)22-17(25)11-27-19-23-21-12-24(19)13-6-2-1-3-7-13/h1-9,12H,11H2,(H,22,25). The van der Waals surface area contributed by atoms with Crippen molar-refractivity contribution in [1.82, 2.24) is 14.8 Å². The third-order valence-electron chi connectivity index (χ3n) is 3.84. The van der Waals surface area contributed by atoms with Gasteiger partial charge in [0.2, 0.25) is 11.7 Å². The lowest BCUT2D eigenvalue weighted by atomic mass is 10.2. The predicted molar refractivity (Wildman–Crippen MR) is 102 cm³/mol. The molecule has 0 bridgehead atoms. The quantitative estimate of drug-likeness (QED) is 0.535. The highest BCUT2D eigenvalue weighted by molar-refractivity contribution is 7.99. The van der Waals surface area contributed by atoms with Crippen LogP contribution in [0.1, 0.15) is 5.76 Å². The first-order valence-electron chi connectivity index (χ1n) is 8.06. The number of carbonyl (C=O) groups excluding carboxylic acids is 1. The molecule has 1 N–H and O–H groups in total. The summed E-state index contributed by atoms with van der Waals surface area (Å²) in [7, 11) is 0. The molecular weight excluding hydrogens is 362 g/mol. The van der Waals surface area contributed by atoms with Crippen molar-refractivity contribution in [3.63, 3.8) is 0 Å². The summed E-state index contributed by atoms with van der Waals surface area (Å²) in [6, 6.07) is 18.8. The van der Waals surface area contributed by atoms with E-state index in [9.17, 15) is 10.1 Å². The molecule has 0 fully saturated rings. The van der Waals surface area contributed by atoms with Crippen molar-refractivity contribution in [2.45, 2.75) is 5.16 Å². The van der Waals surface area contributed by atoms with Crippen LogP contribution in [0.15, 0.2) is 70.5 Å². The van der Waals surface area contributed by atoms with Crippen molar-refractivity contribution < 1.29 is 9.21 Å². The number of para-hydroxylation sites is 2. The van der Waals surface area contributed by atoms with Crippen LogP contribution in [0.25, 0.3) is 16.7 Å². The monoisotopic (exact) mass is 375 g/mol. The van der Waals surface area contributed by atoms with Crippen molar-refractivity contribution in [3.8, 4) is 11.8 Å². The van der Waals surface area contributed by atoms with E-state index in [-0.39, 0.29) is 17.4 Å². The van der Waals surface area contributed by atoms with E-state index in [1.165, 1.54) is 11.8 Å². The number of rotatable bonds is 5. The van der Waals surface area contributed by atoms with Crippen molar-refractivity contribution in [1.29, 1.82) is 5.26 Å². The van der Waals surface area contributed by atoms with Crippen molar-refractivity contribution >= 4 is 34.3 Å². The third-order valence-corrected chi connectivity index (χ3v) is 4.79. The van der Waals surface area contributed by atoms with Crippen LogP contribution < -0.4 is 5.32 Å². The van der Waals surface area contributed by atoms with Crippen LogP contribution in [0.3, 0.4) is 0 Å². The smallest absolute Gasteiger partial charge is 0.234 e. The molecule has 0 aliphatic heterocycles. The molecule has 0 saturated heterocycles. The highest BCUT2D eigenvalue weighted by atomic mass is 32.2. The Labute approximate surface area is 158 Å². The van der Waals surface area contributed by atoms with Gasteiger partial charge in [-0.3, -0.25) is 9.36 Å². The van der Waals surface area contributed by atoms with Gasteiger partial charge in [0.1, 0.15) is 23.7 Å². The number of hydrogen-bond acceptors (Lipinski definition) is 6. The van der Waals surface area contributed by atoms with E-state index in [1.807, 2.05) is 53.1 Å². The van der Waals surface area contributed by atoms with Gasteiger partial charge in [0.25, 0.3) is 0 Å². The zero-order chi connectivity index (χ0) is 18.6. The van der Waals surface area contributed by atoms with Gasteiger partial charge in [0.15, 0.2) is 5.16 Å². The van der Waals surface area contributed by atoms with Crippen LogP contribution in [0.2, 0.25) is 0 Å². The van der Waals surface area contributed by atoms with Gasteiger partial charge >= 0.3 is 0 Å². The fourth-order valence-corrected chi connectivity index (χ4v) is 3.37. The Hall–Kier alpha value is -3.57. The Morgan fingerprint density at radius 3 is 2.78 bits per heavy atom. The number of amides is 1. The van der Waals surface area contributed by atoms with Crippen LogP contribution in [0.5, 0.6) is 0 Å². The van der Waals surface area contributed by atoms with E-state index >= 15 is 0 Å². The summed E-state index contributed by atoms with van der Waals surface area (Å²) in [6.45, 7) is 0. The highest BCUT2D eigenvalue weighted by Crippen LogP contribution is 2.30. The van der Waals surface area contributed by atoms with E-state index < -0.39 is 0 Å². The fourth-order valence-electron chi connectivity index (χ4n) is 2.64. The summed E-state index contributed by atoms with van der Waals surface area (Å²) >= 11 is 1.26. The van der Waals surface area contributed by atoms with Crippen LogP contribution >= 0.6 is 11.8 Å². The zero-order valence-corrected chi connectivity index (χ0v) is 14.8. The average Bonchev–Trinajstić information content (AvgIpc) is 3.32. The van der Waals surface area contributed by atoms with Crippen molar-refractivity contribution in [2.75, 3.05) is 11.1 Å². The SMILES string of the molecule is N#Cc1oc2ccccc2c1NC(=O)CSc1nncn1-c1ccccc1. The molecule has 2 aromatic heterocycles. The molecule has 0 spiro atoms. The van der Waals surface area contributed by atoms with Crippen molar-refractivity contribution in [3.05, 3.63) is 66.7 Å². The third kappa shape index (κ3) is 3.41. The second kappa shape index (κ2) is 7.35. The number of aromatic nitrogens is 3. The molecule has 4 aromatic rings. The molecule has 4 rings (SSSR count). The first kappa shape index (κ1) is 16.9. The normalized spacial score (nSPS) is 10.6. The maximum absolute atomic E-state index is 12.4. The minimum atomic E-state index is -0.259. The minimum absolute atomic E-state index is 0.0852. The largest absolute Gasteiger partial charge is 0.443 e. The Balaban J connectivity index is 1.49. The Morgan fingerprint density at radius 2 is 1.96 bits per heavy atom. The number of nitrogens with one attached hydrogen (secondary N) is 1. The molecule has 132 valence electrons. The number of furan rings is 1. The van der Waals surface area contributed by atoms with Crippen LogP contribution in [-0.2, 0) is 4.79 Å². The molecule has 1 amide bonds. The second-order valence-corrected chi connectivity index (χ2v) is 6.51. The minimum Gasteiger partial charge on any atom is -0.443 e. The second-order valence-electron chi connectivity index (χ2n) is 5.57. The van der Waals surface area contributed by atoms with Crippen LogP contribution in [-0.4, -0.2) is 26.4 Å². The maximum atomic E-state index is 12.4. The molecule has 7 nitrogen and oxygen atoms in total. The Bertz CT molecular complexity index is 1140. The van der Waals surface area contributed by atoms with Gasteiger partial charge in [-0.2, -0.15) is 5.26 Å². The molecule has 0 unspecified atom stereocenters. The fraction of sp³-hybridized carbons (Fsp3) is 0.0526. The van der Waals surface area contributed by atoms with Crippen LogP contribution in [0, 0.1) is 11.3 Å². The maximum Gasteiger partial charge on any atom is 0.234 e. The van der Waals surface area contributed by atoms with Crippen molar-refractivity contribution in [2.24, 2.45) is 0 Å². The molecule has 0 saturated carbocycles. The topological polar surface area (TPSA) is 96.7 Å². The predicted octanol–water partition coefficient (Wildman–Crippen LogP) is 3.62. The Morgan fingerprint density at radius 1 is 1.19 bits per heavy atom.